The first-order valence-electron chi connectivity index (χ1n) is 9.37. The predicted molar refractivity (Wildman–Crippen MR) is 112 cm³/mol. The van der Waals surface area contributed by atoms with Gasteiger partial charge in [-0.15, -0.1) is 11.3 Å². The van der Waals surface area contributed by atoms with Crippen molar-refractivity contribution in [3.8, 4) is 0 Å². The third-order valence-electron chi connectivity index (χ3n) is 4.44. The van der Waals surface area contributed by atoms with Crippen LogP contribution in [0.2, 0.25) is 0 Å². The Morgan fingerprint density at radius 2 is 2.00 bits per heavy atom. The molecule has 1 aliphatic rings. The van der Waals surface area contributed by atoms with Crippen molar-refractivity contribution < 1.29 is 14.0 Å². The minimum atomic E-state index is -0.542. The topological polar surface area (TPSA) is 65.0 Å². The van der Waals surface area contributed by atoms with Crippen LogP contribution in [0, 0.1) is 5.82 Å². The van der Waals surface area contributed by atoms with E-state index in [0.29, 0.717) is 12.0 Å². The molecule has 3 rings (SSSR count). The summed E-state index contributed by atoms with van der Waals surface area (Å²) in [5, 5.41) is 10.6. The van der Waals surface area contributed by atoms with E-state index < -0.39 is 11.6 Å². The molecule has 3 amide bonds. The number of rotatable bonds is 4. The number of amides is 3. The maximum Gasteiger partial charge on any atom is 0.318 e. The molecule has 29 heavy (non-hydrogen) atoms. The molecule has 0 radical (unpaired) electrons. The fourth-order valence-corrected chi connectivity index (χ4v) is 3.80. The third-order valence-corrected chi connectivity index (χ3v) is 5.36. The molecule has 8 heteroatoms. The number of carbonyl (C=O) groups excluding carboxylic acids is 2. The Bertz CT molecular complexity index is 921. The maximum atomic E-state index is 14.5. The van der Waals surface area contributed by atoms with E-state index in [1.165, 1.54) is 27.3 Å². The molecular formula is C21H25FN4O2S. The minimum Gasteiger partial charge on any atom is -0.333 e. The number of nitrogens with zero attached hydrogens (tertiary/aromatic N) is 3. The highest BCUT2D eigenvalue weighted by molar-refractivity contribution is 7.12. The first kappa shape index (κ1) is 21.0. The molecule has 2 heterocycles. The van der Waals surface area contributed by atoms with Crippen LogP contribution in [-0.2, 0) is 4.79 Å². The molecule has 0 saturated carbocycles. The zero-order chi connectivity index (χ0) is 21.2. The van der Waals surface area contributed by atoms with Crippen molar-refractivity contribution in [1.82, 2.24) is 15.2 Å². The highest BCUT2D eigenvalue weighted by Crippen LogP contribution is 2.35. The van der Waals surface area contributed by atoms with Gasteiger partial charge in [0.15, 0.2) is 0 Å². The van der Waals surface area contributed by atoms with Crippen molar-refractivity contribution in [3.63, 3.8) is 0 Å². The zero-order valence-electron chi connectivity index (χ0n) is 17.0. The van der Waals surface area contributed by atoms with Crippen LogP contribution in [0.1, 0.15) is 43.7 Å². The van der Waals surface area contributed by atoms with Crippen molar-refractivity contribution in [2.75, 3.05) is 13.6 Å². The smallest absolute Gasteiger partial charge is 0.318 e. The maximum absolute atomic E-state index is 14.5. The van der Waals surface area contributed by atoms with Crippen LogP contribution >= 0.6 is 11.3 Å². The summed E-state index contributed by atoms with van der Waals surface area (Å²) in [6.07, 6.45) is 0.422. The standard InChI is InChI=1S/C21H25FN4O2S/c1-21(2,3)23-20(28)25(4)13-19(27)26-17(14-8-5-6-9-15(14)22)12-16(24-26)18-10-7-11-29-18/h5-11,17H,12-13H2,1-4H3,(H,23,28). The van der Waals surface area contributed by atoms with Crippen LogP contribution in [0.5, 0.6) is 0 Å². The molecule has 0 saturated heterocycles. The minimum absolute atomic E-state index is 0.159. The van der Waals surface area contributed by atoms with Crippen molar-refractivity contribution in [1.29, 1.82) is 0 Å². The lowest BCUT2D eigenvalue weighted by Gasteiger charge is -2.28. The highest BCUT2D eigenvalue weighted by atomic mass is 32.1. The lowest BCUT2D eigenvalue weighted by atomic mass is 10.0. The highest BCUT2D eigenvalue weighted by Gasteiger charge is 2.35. The first-order valence-corrected chi connectivity index (χ1v) is 10.2. The van der Waals surface area contributed by atoms with Gasteiger partial charge < -0.3 is 10.2 Å². The second-order valence-electron chi connectivity index (χ2n) is 8.04. The quantitative estimate of drug-likeness (QED) is 0.819. The Morgan fingerprint density at radius 3 is 2.62 bits per heavy atom. The second kappa shape index (κ2) is 8.32. The fourth-order valence-electron chi connectivity index (χ4n) is 3.08. The van der Waals surface area contributed by atoms with Gasteiger partial charge in [-0.3, -0.25) is 4.79 Å². The molecule has 1 aromatic carbocycles. The summed E-state index contributed by atoms with van der Waals surface area (Å²) in [7, 11) is 1.55. The third kappa shape index (κ3) is 5.00. The van der Waals surface area contributed by atoms with Gasteiger partial charge in [-0.2, -0.15) is 5.10 Å². The van der Waals surface area contributed by atoms with Crippen LogP contribution in [-0.4, -0.2) is 46.7 Å². The summed E-state index contributed by atoms with van der Waals surface area (Å²) in [6.45, 7) is 5.45. The number of hydrogen-bond acceptors (Lipinski definition) is 4. The average molecular weight is 417 g/mol. The zero-order valence-corrected chi connectivity index (χ0v) is 17.8. The Balaban J connectivity index is 1.83. The van der Waals surface area contributed by atoms with Crippen LogP contribution in [0.25, 0.3) is 0 Å². The Morgan fingerprint density at radius 1 is 1.28 bits per heavy atom. The molecule has 0 spiro atoms. The van der Waals surface area contributed by atoms with Gasteiger partial charge >= 0.3 is 6.03 Å². The Hall–Kier alpha value is -2.74. The number of benzene rings is 1. The monoisotopic (exact) mass is 416 g/mol. The molecule has 2 aromatic rings. The number of likely N-dealkylation sites (N-methyl/N-ethyl adjacent to an activating group) is 1. The summed E-state index contributed by atoms with van der Waals surface area (Å²) in [6, 6.07) is 9.36. The van der Waals surface area contributed by atoms with Crippen molar-refractivity contribution in [3.05, 3.63) is 58.0 Å². The van der Waals surface area contributed by atoms with Gasteiger partial charge in [0.05, 0.1) is 16.6 Å². The number of hydrogen-bond donors (Lipinski definition) is 1. The van der Waals surface area contributed by atoms with E-state index in [1.807, 2.05) is 38.3 Å². The van der Waals surface area contributed by atoms with Crippen LogP contribution in [0.3, 0.4) is 0 Å². The van der Waals surface area contributed by atoms with E-state index in [4.69, 9.17) is 0 Å². The molecule has 1 atom stereocenters. The predicted octanol–water partition coefficient (Wildman–Crippen LogP) is 4.00. The molecule has 1 aliphatic heterocycles. The number of nitrogens with one attached hydrogen (secondary N) is 1. The summed E-state index contributed by atoms with van der Waals surface area (Å²) in [4.78, 5) is 27.6. The molecule has 0 fully saturated rings. The van der Waals surface area contributed by atoms with Crippen LogP contribution < -0.4 is 5.32 Å². The van der Waals surface area contributed by atoms with E-state index in [-0.39, 0.29) is 24.3 Å². The number of hydrazone groups is 1. The van der Waals surface area contributed by atoms with Gasteiger partial charge in [-0.05, 0) is 38.3 Å². The van der Waals surface area contributed by atoms with E-state index in [0.717, 1.165) is 10.6 Å². The number of halogens is 1. The summed E-state index contributed by atoms with van der Waals surface area (Å²) in [5.41, 5.74) is 0.740. The fraction of sp³-hybridized carbons (Fsp3) is 0.381. The van der Waals surface area contributed by atoms with E-state index in [9.17, 15) is 14.0 Å². The molecule has 1 N–H and O–H groups in total. The van der Waals surface area contributed by atoms with Crippen LogP contribution in [0.15, 0.2) is 46.9 Å². The number of urea groups is 1. The normalized spacial score (nSPS) is 16.5. The van der Waals surface area contributed by atoms with Crippen molar-refractivity contribution in [2.24, 2.45) is 5.10 Å². The largest absolute Gasteiger partial charge is 0.333 e. The van der Waals surface area contributed by atoms with Crippen molar-refractivity contribution in [2.45, 2.75) is 38.8 Å². The molecule has 154 valence electrons. The first-order chi connectivity index (χ1) is 13.7. The average Bonchev–Trinajstić information content (AvgIpc) is 3.30. The summed E-state index contributed by atoms with van der Waals surface area (Å²) < 4.78 is 14.5. The summed E-state index contributed by atoms with van der Waals surface area (Å²) in [5.74, 6) is -0.742. The van der Waals surface area contributed by atoms with Gasteiger partial charge in [0.1, 0.15) is 12.4 Å². The molecule has 1 aromatic heterocycles. The summed E-state index contributed by atoms with van der Waals surface area (Å²) >= 11 is 1.52. The van der Waals surface area contributed by atoms with E-state index in [2.05, 4.69) is 10.4 Å². The number of carbonyl (C=O) groups is 2. The number of thiophene rings is 1. The Kier molecular flexibility index (Phi) is 6.02. The Labute approximate surface area is 174 Å². The van der Waals surface area contributed by atoms with Gasteiger partial charge in [-0.1, -0.05) is 24.3 Å². The van der Waals surface area contributed by atoms with Crippen molar-refractivity contribution >= 4 is 29.0 Å². The molecule has 0 bridgehead atoms. The van der Waals surface area contributed by atoms with Gasteiger partial charge in [-0.25, -0.2) is 14.2 Å². The lowest BCUT2D eigenvalue weighted by Crippen LogP contribution is -2.49. The molecule has 1 unspecified atom stereocenters. The molecule has 0 aliphatic carbocycles. The van der Waals surface area contributed by atoms with E-state index >= 15 is 0 Å². The van der Waals surface area contributed by atoms with Gasteiger partial charge in [0.2, 0.25) is 0 Å². The van der Waals surface area contributed by atoms with E-state index in [1.54, 1.807) is 25.2 Å². The van der Waals surface area contributed by atoms with Crippen LogP contribution in [0.4, 0.5) is 9.18 Å². The van der Waals surface area contributed by atoms with Gasteiger partial charge in [0.25, 0.3) is 5.91 Å². The lowest BCUT2D eigenvalue weighted by molar-refractivity contribution is -0.133. The SMILES string of the molecule is CN(CC(=O)N1N=C(c2cccs2)CC1c1ccccc1F)C(=O)NC(C)(C)C. The molecule has 6 nitrogen and oxygen atoms in total. The van der Waals surface area contributed by atoms with Gasteiger partial charge in [0, 0.05) is 24.6 Å². The second-order valence-corrected chi connectivity index (χ2v) is 8.99. The molecular weight excluding hydrogens is 391 g/mol.